The average molecular weight is 238 g/mol. The normalized spacial score (nSPS) is 12.4. The van der Waals surface area contributed by atoms with Crippen molar-refractivity contribution in [3.8, 4) is 0 Å². The lowest BCUT2D eigenvalue weighted by molar-refractivity contribution is -0.384. The molecule has 1 rings (SSSR count). The van der Waals surface area contributed by atoms with E-state index >= 15 is 0 Å². The van der Waals surface area contributed by atoms with Gasteiger partial charge in [-0.2, -0.15) is 0 Å². The van der Waals surface area contributed by atoms with Crippen LogP contribution in [0.3, 0.4) is 0 Å². The Morgan fingerprint density at radius 1 is 1.53 bits per heavy atom. The van der Waals surface area contributed by atoms with E-state index in [9.17, 15) is 10.1 Å². The summed E-state index contributed by atoms with van der Waals surface area (Å²) in [5, 5.41) is 10.7. The number of nitro groups is 1. The van der Waals surface area contributed by atoms with Gasteiger partial charge in [0.2, 0.25) is 0 Å². The fourth-order valence-corrected chi connectivity index (χ4v) is 1.57. The molecule has 0 spiro atoms. The molecule has 0 radical (unpaired) electrons. The van der Waals surface area contributed by atoms with Gasteiger partial charge >= 0.3 is 0 Å². The zero-order valence-electron chi connectivity index (χ0n) is 10.2. The van der Waals surface area contributed by atoms with E-state index in [0.29, 0.717) is 6.61 Å². The molecule has 1 atom stereocenters. The zero-order chi connectivity index (χ0) is 12.8. The van der Waals surface area contributed by atoms with Gasteiger partial charge in [0.05, 0.1) is 17.6 Å². The SMILES string of the molecule is CCCC(C)OCc1ccc(N)c([N+](=O)[O-])c1. The number of hydrogen-bond acceptors (Lipinski definition) is 4. The Hall–Kier alpha value is -1.62. The highest BCUT2D eigenvalue weighted by molar-refractivity contribution is 5.59. The van der Waals surface area contributed by atoms with Crippen LogP contribution in [-0.2, 0) is 11.3 Å². The molecule has 0 aliphatic rings. The second-order valence-electron chi connectivity index (χ2n) is 4.06. The molecule has 17 heavy (non-hydrogen) atoms. The van der Waals surface area contributed by atoms with Crippen LogP contribution in [0.4, 0.5) is 11.4 Å². The molecule has 1 aromatic carbocycles. The predicted octanol–water partition coefficient (Wildman–Crippen LogP) is 2.88. The number of nitro benzene ring substituents is 1. The maximum absolute atomic E-state index is 10.7. The second kappa shape index (κ2) is 6.20. The number of nitrogens with two attached hydrogens (primary N) is 1. The molecular formula is C12H18N2O3. The Labute approximate surface area is 101 Å². The van der Waals surface area contributed by atoms with Crippen molar-refractivity contribution in [2.75, 3.05) is 5.73 Å². The Bertz CT molecular complexity index is 393. The predicted molar refractivity (Wildman–Crippen MR) is 66.7 cm³/mol. The zero-order valence-corrected chi connectivity index (χ0v) is 10.2. The molecule has 0 saturated heterocycles. The third-order valence-electron chi connectivity index (χ3n) is 2.52. The van der Waals surface area contributed by atoms with Crippen LogP contribution in [-0.4, -0.2) is 11.0 Å². The first kappa shape index (κ1) is 13.4. The van der Waals surface area contributed by atoms with Gasteiger partial charge in [0.25, 0.3) is 5.69 Å². The molecule has 0 amide bonds. The van der Waals surface area contributed by atoms with Crippen molar-refractivity contribution in [2.24, 2.45) is 0 Å². The number of anilines is 1. The van der Waals surface area contributed by atoms with Gasteiger partial charge in [0.1, 0.15) is 5.69 Å². The van der Waals surface area contributed by atoms with Gasteiger partial charge in [-0.25, -0.2) is 0 Å². The smallest absolute Gasteiger partial charge is 0.292 e. The maximum Gasteiger partial charge on any atom is 0.292 e. The van der Waals surface area contributed by atoms with Crippen LogP contribution in [0.25, 0.3) is 0 Å². The molecule has 0 saturated carbocycles. The average Bonchev–Trinajstić information content (AvgIpc) is 2.28. The molecule has 0 bridgehead atoms. The molecule has 5 nitrogen and oxygen atoms in total. The van der Waals surface area contributed by atoms with Gasteiger partial charge in [-0.15, -0.1) is 0 Å². The number of hydrogen-bond donors (Lipinski definition) is 1. The summed E-state index contributed by atoms with van der Waals surface area (Å²) in [4.78, 5) is 10.2. The van der Waals surface area contributed by atoms with E-state index in [1.165, 1.54) is 6.07 Å². The number of nitrogens with zero attached hydrogens (tertiary/aromatic N) is 1. The Kier molecular flexibility index (Phi) is 4.90. The molecule has 94 valence electrons. The molecule has 0 aromatic heterocycles. The Morgan fingerprint density at radius 2 is 2.24 bits per heavy atom. The van der Waals surface area contributed by atoms with E-state index in [1.54, 1.807) is 12.1 Å². The summed E-state index contributed by atoms with van der Waals surface area (Å²) < 4.78 is 5.58. The summed E-state index contributed by atoms with van der Waals surface area (Å²) in [7, 11) is 0. The van der Waals surface area contributed by atoms with Gasteiger partial charge in [-0.3, -0.25) is 10.1 Å². The summed E-state index contributed by atoms with van der Waals surface area (Å²) in [6, 6.07) is 4.76. The van der Waals surface area contributed by atoms with Crippen molar-refractivity contribution < 1.29 is 9.66 Å². The minimum absolute atomic E-state index is 0.0609. The Balaban J connectivity index is 2.66. The summed E-state index contributed by atoms with van der Waals surface area (Å²) in [5.41, 5.74) is 6.40. The van der Waals surface area contributed by atoms with E-state index < -0.39 is 4.92 Å². The topological polar surface area (TPSA) is 78.4 Å². The molecule has 0 fully saturated rings. The van der Waals surface area contributed by atoms with Crippen LogP contribution in [0.5, 0.6) is 0 Å². The molecule has 0 heterocycles. The number of benzene rings is 1. The number of ether oxygens (including phenoxy) is 1. The van der Waals surface area contributed by atoms with Crippen LogP contribution in [0, 0.1) is 10.1 Å². The van der Waals surface area contributed by atoms with Gasteiger partial charge in [-0.1, -0.05) is 19.4 Å². The van der Waals surface area contributed by atoms with Crippen LogP contribution < -0.4 is 5.73 Å². The van der Waals surface area contributed by atoms with Crippen molar-refractivity contribution >= 4 is 11.4 Å². The van der Waals surface area contributed by atoms with Crippen LogP contribution in [0.15, 0.2) is 18.2 Å². The van der Waals surface area contributed by atoms with E-state index in [1.807, 2.05) is 6.92 Å². The molecule has 5 heteroatoms. The van der Waals surface area contributed by atoms with E-state index in [-0.39, 0.29) is 17.5 Å². The lowest BCUT2D eigenvalue weighted by Gasteiger charge is -2.11. The van der Waals surface area contributed by atoms with Crippen molar-refractivity contribution in [2.45, 2.75) is 39.4 Å². The quantitative estimate of drug-likeness (QED) is 0.469. The van der Waals surface area contributed by atoms with Gasteiger partial charge in [0, 0.05) is 6.07 Å². The summed E-state index contributed by atoms with van der Waals surface area (Å²) in [5.74, 6) is 0. The summed E-state index contributed by atoms with van der Waals surface area (Å²) in [6.45, 7) is 4.46. The van der Waals surface area contributed by atoms with E-state index in [2.05, 4.69) is 6.92 Å². The minimum Gasteiger partial charge on any atom is -0.393 e. The molecule has 1 unspecified atom stereocenters. The molecule has 0 aliphatic heterocycles. The van der Waals surface area contributed by atoms with Gasteiger partial charge in [-0.05, 0) is 25.0 Å². The highest BCUT2D eigenvalue weighted by Gasteiger charge is 2.12. The second-order valence-corrected chi connectivity index (χ2v) is 4.06. The van der Waals surface area contributed by atoms with E-state index in [0.717, 1.165) is 18.4 Å². The van der Waals surface area contributed by atoms with E-state index in [4.69, 9.17) is 10.5 Å². The number of rotatable bonds is 6. The first-order valence-electron chi connectivity index (χ1n) is 5.69. The molecule has 1 aromatic rings. The number of nitrogen functional groups attached to an aromatic ring is 1. The van der Waals surface area contributed by atoms with Gasteiger partial charge in [0.15, 0.2) is 0 Å². The summed E-state index contributed by atoms with van der Waals surface area (Å²) >= 11 is 0. The third kappa shape index (κ3) is 4.03. The molecule has 2 N–H and O–H groups in total. The monoisotopic (exact) mass is 238 g/mol. The molecule has 0 aliphatic carbocycles. The van der Waals surface area contributed by atoms with Crippen molar-refractivity contribution in [1.82, 2.24) is 0 Å². The Morgan fingerprint density at radius 3 is 2.82 bits per heavy atom. The lowest BCUT2D eigenvalue weighted by Crippen LogP contribution is -2.07. The standard InChI is InChI=1S/C12H18N2O3/c1-3-4-9(2)17-8-10-5-6-11(13)12(7-10)14(15)16/h5-7,9H,3-4,8,13H2,1-2H3. The lowest BCUT2D eigenvalue weighted by atomic mass is 10.2. The van der Waals surface area contributed by atoms with Crippen LogP contribution in [0.1, 0.15) is 32.3 Å². The van der Waals surface area contributed by atoms with Crippen molar-refractivity contribution in [3.05, 3.63) is 33.9 Å². The fourth-order valence-electron chi connectivity index (χ4n) is 1.57. The highest BCUT2D eigenvalue weighted by atomic mass is 16.6. The summed E-state index contributed by atoms with van der Waals surface area (Å²) in [6.07, 6.45) is 2.21. The first-order valence-corrected chi connectivity index (χ1v) is 5.69. The van der Waals surface area contributed by atoms with Crippen LogP contribution in [0.2, 0.25) is 0 Å². The molecular weight excluding hydrogens is 220 g/mol. The highest BCUT2D eigenvalue weighted by Crippen LogP contribution is 2.23. The fraction of sp³-hybridized carbons (Fsp3) is 0.500. The van der Waals surface area contributed by atoms with Crippen molar-refractivity contribution in [1.29, 1.82) is 0 Å². The first-order chi connectivity index (χ1) is 8.04. The minimum atomic E-state index is -0.478. The van der Waals surface area contributed by atoms with Crippen LogP contribution >= 0.6 is 0 Å². The van der Waals surface area contributed by atoms with Crippen molar-refractivity contribution in [3.63, 3.8) is 0 Å². The van der Waals surface area contributed by atoms with Gasteiger partial charge < -0.3 is 10.5 Å². The largest absolute Gasteiger partial charge is 0.393 e. The third-order valence-corrected chi connectivity index (χ3v) is 2.52. The maximum atomic E-state index is 10.7.